The molecule has 1 aliphatic rings. The van der Waals surface area contributed by atoms with Crippen LogP contribution in [0.4, 0.5) is 5.69 Å². The molecule has 1 amide bonds. The molecule has 4 nitrogen and oxygen atoms in total. The first-order chi connectivity index (χ1) is 16.7. The van der Waals surface area contributed by atoms with Crippen LogP contribution in [0, 0.1) is 0 Å². The SMILES string of the molecule is CCCCc1ccc(N2CC(c3nc4ccccc4n3CCCc3ccccc3)CC2=O)cc1. The summed E-state index contributed by atoms with van der Waals surface area (Å²) in [5.41, 5.74) is 5.88. The van der Waals surface area contributed by atoms with E-state index in [0.29, 0.717) is 13.0 Å². The zero-order chi connectivity index (χ0) is 23.3. The molecular weight excluding hydrogens is 418 g/mol. The molecule has 1 fully saturated rings. The van der Waals surface area contributed by atoms with Crippen molar-refractivity contribution >= 4 is 22.6 Å². The Kier molecular flexibility index (Phi) is 6.75. The number of imidazole rings is 1. The Morgan fingerprint density at radius 2 is 1.56 bits per heavy atom. The van der Waals surface area contributed by atoms with Crippen molar-refractivity contribution in [2.45, 2.75) is 57.9 Å². The lowest BCUT2D eigenvalue weighted by atomic mass is 10.1. The highest BCUT2D eigenvalue weighted by Crippen LogP contribution is 2.33. The Hall–Kier alpha value is -3.40. The molecule has 1 atom stereocenters. The summed E-state index contributed by atoms with van der Waals surface area (Å²) in [5, 5.41) is 0. The number of anilines is 1. The number of unbranched alkanes of at least 4 members (excludes halogenated alkanes) is 1. The molecule has 5 rings (SSSR count). The molecular formula is C30H33N3O. The van der Waals surface area contributed by atoms with Crippen molar-refractivity contribution in [3.8, 4) is 0 Å². The number of hydrogen-bond acceptors (Lipinski definition) is 2. The van der Waals surface area contributed by atoms with Gasteiger partial charge in [-0.1, -0.05) is 67.9 Å². The van der Waals surface area contributed by atoms with E-state index in [1.165, 1.54) is 24.0 Å². The second kappa shape index (κ2) is 10.3. The molecule has 0 radical (unpaired) electrons. The zero-order valence-electron chi connectivity index (χ0n) is 20.0. The zero-order valence-corrected chi connectivity index (χ0v) is 20.0. The molecule has 174 valence electrons. The lowest BCUT2D eigenvalue weighted by Crippen LogP contribution is -2.24. The molecule has 4 aromatic rings. The smallest absolute Gasteiger partial charge is 0.227 e. The number of fused-ring (bicyclic) bond motifs is 1. The average Bonchev–Trinajstić information content (AvgIpc) is 3.44. The quantitative estimate of drug-likeness (QED) is 0.290. The van der Waals surface area contributed by atoms with Crippen LogP contribution in [0.15, 0.2) is 78.9 Å². The Balaban J connectivity index is 1.35. The standard InChI is InChI=1S/C30H33N3O/c1-2-3-10-24-16-18-26(19-17-24)33-22-25(21-29(33)34)30-31-27-14-7-8-15-28(27)32(30)20-9-13-23-11-5-4-6-12-23/h4-8,11-12,14-19,25H,2-3,9-10,13,20-22H2,1H3. The van der Waals surface area contributed by atoms with Gasteiger partial charge in [0.15, 0.2) is 0 Å². The molecule has 1 aliphatic heterocycles. The first-order valence-corrected chi connectivity index (χ1v) is 12.6. The summed E-state index contributed by atoms with van der Waals surface area (Å²) in [5.74, 6) is 1.34. The summed E-state index contributed by atoms with van der Waals surface area (Å²) >= 11 is 0. The molecule has 0 spiro atoms. The lowest BCUT2D eigenvalue weighted by molar-refractivity contribution is -0.117. The van der Waals surface area contributed by atoms with E-state index in [-0.39, 0.29) is 11.8 Å². The number of benzene rings is 3. The van der Waals surface area contributed by atoms with Gasteiger partial charge in [-0.3, -0.25) is 4.79 Å². The van der Waals surface area contributed by atoms with Crippen molar-refractivity contribution in [1.82, 2.24) is 9.55 Å². The van der Waals surface area contributed by atoms with Crippen molar-refractivity contribution < 1.29 is 4.79 Å². The molecule has 0 N–H and O–H groups in total. The van der Waals surface area contributed by atoms with Crippen LogP contribution >= 0.6 is 0 Å². The second-order valence-corrected chi connectivity index (χ2v) is 9.37. The fraction of sp³-hybridized carbons (Fsp3) is 0.333. The van der Waals surface area contributed by atoms with Gasteiger partial charge >= 0.3 is 0 Å². The van der Waals surface area contributed by atoms with E-state index in [2.05, 4.69) is 84.3 Å². The summed E-state index contributed by atoms with van der Waals surface area (Å²) in [6.07, 6.45) is 6.08. The minimum Gasteiger partial charge on any atom is -0.328 e. The molecule has 4 heteroatoms. The predicted molar refractivity (Wildman–Crippen MR) is 139 cm³/mol. The van der Waals surface area contributed by atoms with E-state index in [9.17, 15) is 4.79 Å². The summed E-state index contributed by atoms with van der Waals surface area (Å²) < 4.78 is 2.35. The monoisotopic (exact) mass is 451 g/mol. The third-order valence-electron chi connectivity index (χ3n) is 6.93. The minimum atomic E-state index is 0.108. The summed E-state index contributed by atoms with van der Waals surface area (Å²) in [4.78, 5) is 20.0. The van der Waals surface area contributed by atoms with E-state index in [1.807, 2.05) is 11.0 Å². The van der Waals surface area contributed by atoms with Crippen LogP contribution in [-0.4, -0.2) is 22.0 Å². The topological polar surface area (TPSA) is 38.1 Å². The Labute approximate surface area is 202 Å². The van der Waals surface area contributed by atoms with Gasteiger partial charge in [-0.15, -0.1) is 0 Å². The number of nitrogens with zero attached hydrogens (tertiary/aromatic N) is 3. The first kappa shape index (κ1) is 22.4. The van der Waals surface area contributed by atoms with Gasteiger partial charge in [0.25, 0.3) is 0 Å². The van der Waals surface area contributed by atoms with Gasteiger partial charge in [-0.05, 0) is 61.1 Å². The van der Waals surface area contributed by atoms with Crippen molar-refractivity contribution in [1.29, 1.82) is 0 Å². The summed E-state index contributed by atoms with van der Waals surface area (Å²) in [7, 11) is 0. The minimum absolute atomic E-state index is 0.108. The number of carbonyl (C=O) groups excluding carboxylic acids is 1. The highest BCUT2D eigenvalue weighted by molar-refractivity contribution is 5.96. The summed E-state index contributed by atoms with van der Waals surface area (Å²) in [6, 6.07) is 27.5. The van der Waals surface area contributed by atoms with Crippen LogP contribution < -0.4 is 4.90 Å². The third kappa shape index (κ3) is 4.77. The van der Waals surface area contributed by atoms with Crippen LogP contribution in [0.1, 0.15) is 55.5 Å². The van der Waals surface area contributed by atoms with Crippen LogP contribution in [0.25, 0.3) is 11.0 Å². The second-order valence-electron chi connectivity index (χ2n) is 9.37. The van der Waals surface area contributed by atoms with Gasteiger partial charge in [0.1, 0.15) is 5.82 Å². The number of aryl methyl sites for hydroxylation is 3. The van der Waals surface area contributed by atoms with Crippen LogP contribution in [0.3, 0.4) is 0 Å². The van der Waals surface area contributed by atoms with E-state index in [1.54, 1.807) is 0 Å². The van der Waals surface area contributed by atoms with E-state index in [0.717, 1.165) is 48.4 Å². The maximum atomic E-state index is 13.0. The van der Waals surface area contributed by atoms with E-state index >= 15 is 0 Å². The first-order valence-electron chi connectivity index (χ1n) is 12.6. The molecule has 0 bridgehead atoms. The lowest BCUT2D eigenvalue weighted by Gasteiger charge is -2.18. The normalized spacial score (nSPS) is 16.0. The molecule has 34 heavy (non-hydrogen) atoms. The maximum absolute atomic E-state index is 13.0. The van der Waals surface area contributed by atoms with Crippen LogP contribution in [-0.2, 0) is 24.2 Å². The molecule has 1 saturated heterocycles. The number of aromatic nitrogens is 2. The van der Waals surface area contributed by atoms with Gasteiger partial charge in [-0.25, -0.2) is 4.98 Å². The molecule has 0 aliphatic carbocycles. The molecule has 0 saturated carbocycles. The largest absolute Gasteiger partial charge is 0.328 e. The van der Waals surface area contributed by atoms with Gasteiger partial charge in [0, 0.05) is 31.1 Å². The fourth-order valence-electron chi connectivity index (χ4n) is 5.08. The molecule has 1 aromatic heterocycles. The number of carbonyl (C=O) groups is 1. The van der Waals surface area contributed by atoms with E-state index in [4.69, 9.17) is 4.98 Å². The summed E-state index contributed by atoms with van der Waals surface area (Å²) in [6.45, 7) is 3.81. The molecule has 2 heterocycles. The van der Waals surface area contributed by atoms with Gasteiger partial charge in [0.2, 0.25) is 5.91 Å². The fourth-order valence-corrected chi connectivity index (χ4v) is 5.08. The average molecular weight is 452 g/mol. The number of hydrogen-bond donors (Lipinski definition) is 0. The van der Waals surface area contributed by atoms with E-state index < -0.39 is 0 Å². The Morgan fingerprint density at radius 3 is 2.35 bits per heavy atom. The Morgan fingerprint density at radius 1 is 0.853 bits per heavy atom. The molecule has 3 aromatic carbocycles. The van der Waals surface area contributed by atoms with Crippen molar-refractivity contribution in [3.05, 3.63) is 95.8 Å². The predicted octanol–water partition coefficient (Wildman–Crippen LogP) is 6.53. The highest BCUT2D eigenvalue weighted by Gasteiger charge is 2.34. The Bertz CT molecular complexity index is 1240. The number of amides is 1. The van der Waals surface area contributed by atoms with Crippen molar-refractivity contribution in [3.63, 3.8) is 0 Å². The highest BCUT2D eigenvalue weighted by atomic mass is 16.2. The van der Waals surface area contributed by atoms with Crippen molar-refractivity contribution in [2.24, 2.45) is 0 Å². The third-order valence-corrected chi connectivity index (χ3v) is 6.93. The van der Waals surface area contributed by atoms with Gasteiger partial charge in [-0.2, -0.15) is 0 Å². The maximum Gasteiger partial charge on any atom is 0.227 e. The van der Waals surface area contributed by atoms with Gasteiger partial charge < -0.3 is 9.47 Å². The van der Waals surface area contributed by atoms with Crippen LogP contribution in [0.5, 0.6) is 0 Å². The van der Waals surface area contributed by atoms with Crippen LogP contribution in [0.2, 0.25) is 0 Å². The molecule has 1 unspecified atom stereocenters. The van der Waals surface area contributed by atoms with Crippen molar-refractivity contribution in [2.75, 3.05) is 11.4 Å². The number of para-hydroxylation sites is 2. The number of rotatable bonds is 9. The van der Waals surface area contributed by atoms with Gasteiger partial charge in [0.05, 0.1) is 11.0 Å².